The number of likely N-dealkylation sites (tertiary alicyclic amines) is 1. The topological polar surface area (TPSA) is 49.4 Å². The maximum atomic E-state index is 12.2. The van der Waals surface area contributed by atoms with Crippen LogP contribution < -0.4 is 5.32 Å². The largest absolute Gasteiger partial charge is 0.305 e. The van der Waals surface area contributed by atoms with Gasteiger partial charge < -0.3 is 5.32 Å². The predicted octanol–water partition coefficient (Wildman–Crippen LogP) is 1.45. The number of amides is 2. The van der Waals surface area contributed by atoms with Gasteiger partial charge in [0.25, 0.3) is 0 Å². The first kappa shape index (κ1) is 12.6. The molecule has 0 radical (unpaired) electrons. The van der Waals surface area contributed by atoms with Crippen molar-refractivity contribution < 1.29 is 9.59 Å². The molecule has 2 fully saturated rings. The lowest BCUT2D eigenvalue weighted by Gasteiger charge is -2.29. The van der Waals surface area contributed by atoms with Crippen LogP contribution in [0.2, 0.25) is 0 Å². The Labute approximate surface area is 103 Å². The molecule has 4 nitrogen and oxygen atoms in total. The lowest BCUT2D eigenvalue weighted by atomic mass is 9.94. The highest BCUT2D eigenvalue weighted by molar-refractivity contribution is 6.05. The average Bonchev–Trinajstić information content (AvgIpc) is 2.63. The molecule has 4 heteroatoms. The Kier molecular flexibility index (Phi) is 4.15. The van der Waals surface area contributed by atoms with Gasteiger partial charge in [0, 0.05) is 6.04 Å². The quantitative estimate of drug-likeness (QED) is 0.754. The summed E-state index contributed by atoms with van der Waals surface area (Å²) in [5.74, 6) is 0.0332. The Bertz CT molecular complexity index is 298. The Hall–Kier alpha value is -0.900. The number of nitrogens with one attached hydrogen (secondary N) is 1. The fourth-order valence-corrected chi connectivity index (χ4v) is 2.85. The summed E-state index contributed by atoms with van der Waals surface area (Å²) in [4.78, 5) is 25.6. The number of hydrogen-bond acceptors (Lipinski definition) is 3. The van der Waals surface area contributed by atoms with E-state index in [1.807, 2.05) is 0 Å². The molecule has 1 aliphatic heterocycles. The molecule has 1 N–H and O–H groups in total. The van der Waals surface area contributed by atoms with Gasteiger partial charge in [-0.3, -0.25) is 14.5 Å². The van der Waals surface area contributed by atoms with E-state index in [1.165, 1.54) is 6.42 Å². The van der Waals surface area contributed by atoms with Crippen molar-refractivity contribution in [1.29, 1.82) is 0 Å². The van der Waals surface area contributed by atoms with Crippen molar-refractivity contribution in [3.05, 3.63) is 0 Å². The lowest BCUT2D eigenvalue weighted by molar-refractivity contribution is -0.142. The molecular formula is C13H22N2O2. The molecule has 0 spiro atoms. The summed E-state index contributed by atoms with van der Waals surface area (Å²) in [6, 6.07) is -0.0819. The van der Waals surface area contributed by atoms with Crippen LogP contribution in [0.15, 0.2) is 0 Å². The van der Waals surface area contributed by atoms with Gasteiger partial charge in [0.15, 0.2) is 0 Å². The highest BCUT2D eigenvalue weighted by atomic mass is 16.2. The molecule has 0 bridgehead atoms. The third kappa shape index (κ3) is 2.68. The fourth-order valence-electron chi connectivity index (χ4n) is 2.85. The maximum absolute atomic E-state index is 12.2. The molecule has 1 saturated carbocycles. The summed E-state index contributed by atoms with van der Waals surface area (Å²) >= 11 is 0. The van der Waals surface area contributed by atoms with Gasteiger partial charge in [-0.1, -0.05) is 26.2 Å². The molecule has 1 unspecified atom stereocenters. The van der Waals surface area contributed by atoms with Crippen molar-refractivity contribution in [1.82, 2.24) is 10.2 Å². The summed E-state index contributed by atoms with van der Waals surface area (Å²) in [6.07, 6.45) is 6.88. The highest BCUT2D eigenvalue weighted by Gasteiger charge is 2.41. The molecular weight excluding hydrogens is 216 g/mol. The van der Waals surface area contributed by atoms with Gasteiger partial charge in [-0.05, 0) is 25.8 Å². The average molecular weight is 238 g/mol. The molecule has 2 aliphatic rings. The van der Waals surface area contributed by atoms with E-state index in [4.69, 9.17) is 0 Å². The molecule has 96 valence electrons. The van der Waals surface area contributed by atoms with Crippen molar-refractivity contribution in [3.63, 3.8) is 0 Å². The van der Waals surface area contributed by atoms with Gasteiger partial charge in [-0.25, -0.2) is 0 Å². The molecule has 1 atom stereocenters. The van der Waals surface area contributed by atoms with Crippen LogP contribution in [0.4, 0.5) is 0 Å². The van der Waals surface area contributed by atoms with Crippen LogP contribution in [0.5, 0.6) is 0 Å². The van der Waals surface area contributed by atoms with Crippen molar-refractivity contribution in [2.24, 2.45) is 0 Å². The molecule has 2 amide bonds. The molecule has 0 aromatic carbocycles. The zero-order valence-corrected chi connectivity index (χ0v) is 10.6. The lowest BCUT2D eigenvalue weighted by Crippen LogP contribution is -2.44. The zero-order valence-electron chi connectivity index (χ0n) is 10.6. The Morgan fingerprint density at radius 3 is 2.59 bits per heavy atom. The van der Waals surface area contributed by atoms with Gasteiger partial charge in [-0.15, -0.1) is 0 Å². The monoisotopic (exact) mass is 238 g/mol. The molecule has 1 heterocycles. The van der Waals surface area contributed by atoms with E-state index in [-0.39, 0.29) is 23.9 Å². The third-order valence-electron chi connectivity index (χ3n) is 3.76. The van der Waals surface area contributed by atoms with Gasteiger partial charge in [0.2, 0.25) is 11.8 Å². The number of nitrogens with zero attached hydrogens (tertiary/aromatic N) is 1. The van der Waals surface area contributed by atoms with Crippen LogP contribution >= 0.6 is 0 Å². The predicted molar refractivity (Wildman–Crippen MR) is 65.4 cm³/mol. The van der Waals surface area contributed by atoms with E-state index >= 15 is 0 Å². The maximum Gasteiger partial charge on any atom is 0.247 e. The van der Waals surface area contributed by atoms with E-state index in [1.54, 1.807) is 4.90 Å². The first-order valence-corrected chi connectivity index (χ1v) is 6.83. The molecule has 0 aromatic heterocycles. The SMILES string of the molecule is CCCNC1CC(=O)N(C2CCCCC2)C1=O. The second-order valence-corrected chi connectivity index (χ2v) is 5.10. The van der Waals surface area contributed by atoms with E-state index in [0.29, 0.717) is 6.42 Å². The summed E-state index contributed by atoms with van der Waals surface area (Å²) < 4.78 is 0. The Morgan fingerprint density at radius 1 is 1.24 bits per heavy atom. The number of carbonyl (C=O) groups is 2. The smallest absolute Gasteiger partial charge is 0.247 e. The van der Waals surface area contributed by atoms with Gasteiger partial charge >= 0.3 is 0 Å². The van der Waals surface area contributed by atoms with Crippen molar-refractivity contribution in [2.75, 3.05) is 6.54 Å². The van der Waals surface area contributed by atoms with Crippen LogP contribution in [-0.4, -0.2) is 35.3 Å². The van der Waals surface area contributed by atoms with Crippen LogP contribution in [0.3, 0.4) is 0 Å². The minimum absolute atomic E-state index is 0.00958. The molecule has 2 rings (SSSR count). The molecule has 1 saturated heterocycles. The van der Waals surface area contributed by atoms with Crippen LogP contribution in [0, 0.1) is 0 Å². The second-order valence-electron chi connectivity index (χ2n) is 5.10. The normalized spacial score (nSPS) is 26.9. The van der Waals surface area contributed by atoms with Crippen LogP contribution in [-0.2, 0) is 9.59 Å². The standard InChI is InChI=1S/C13H22N2O2/c1-2-8-14-11-9-12(16)15(13(11)17)10-6-4-3-5-7-10/h10-11,14H,2-9H2,1H3. The van der Waals surface area contributed by atoms with Gasteiger partial charge in [0.05, 0.1) is 12.5 Å². The summed E-state index contributed by atoms with van der Waals surface area (Å²) in [7, 11) is 0. The van der Waals surface area contributed by atoms with Crippen molar-refractivity contribution in [3.8, 4) is 0 Å². The zero-order chi connectivity index (χ0) is 12.3. The third-order valence-corrected chi connectivity index (χ3v) is 3.76. The minimum Gasteiger partial charge on any atom is -0.305 e. The number of hydrogen-bond donors (Lipinski definition) is 1. The Morgan fingerprint density at radius 2 is 1.94 bits per heavy atom. The van der Waals surface area contributed by atoms with Crippen LogP contribution in [0.25, 0.3) is 0 Å². The minimum atomic E-state index is -0.260. The fraction of sp³-hybridized carbons (Fsp3) is 0.846. The van der Waals surface area contributed by atoms with Gasteiger partial charge in [0.1, 0.15) is 0 Å². The number of carbonyl (C=O) groups excluding carboxylic acids is 2. The van der Waals surface area contributed by atoms with Crippen molar-refractivity contribution >= 4 is 11.8 Å². The molecule has 0 aromatic rings. The molecule has 1 aliphatic carbocycles. The molecule has 17 heavy (non-hydrogen) atoms. The van der Waals surface area contributed by atoms with E-state index in [0.717, 1.165) is 38.6 Å². The first-order valence-electron chi connectivity index (χ1n) is 6.83. The van der Waals surface area contributed by atoms with E-state index in [2.05, 4.69) is 12.2 Å². The van der Waals surface area contributed by atoms with Crippen molar-refractivity contribution in [2.45, 2.75) is 64.0 Å². The first-order chi connectivity index (χ1) is 8.24. The van der Waals surface area contributed by atoms with E-state index < -0.39 is 0 Å². The number of imide groups is 1. The number of rotatable bonds is 4. The Balaban J connectivity index is 1.97. The summed E-state index contributed by atoms with van der Waals surface area (Å²) in [5.41, 5.74) is 0. The van der Waals surface area contributed by atoms with Crippen LogP contribution in [0.1, 0.15) is 51.9 Å². The van der Waals surface area contributed by atoms with Gasteiger partial charge in [-0.2, -0.15) is 0 Å². The second kappa shape index (κ2) is 5.63. The highest BCUT2D eigenvalue weighted by Crippen LogP contribution is 2.27. The summed E-state index contributed by atoms with van der Waals surface area (Å²) in [6.45, 7) is 2.87. The van der Waals surface area contributed by atoms with E-state index in [9.17, 15) is 9.59 Å². The summed E-state index contributed by atoms with van der Waals surface area (Å²) in [5, 5.41) is 3.17.